The SMILES string of the molecule is Cn1nc(C2CC3CNCC3C2)c(C(N)=O)c1N. The first-order valence-electron chi connectivity index (χ1n) is 6.40. The van der Waals surface area contributed by atoms with Crippen LogP contribution in [-0.2, 0) is 7.05 Å². The first-order chi connectivity index (χ1) is 8.58. The summed E-state index contributed by atoms with van der Waals surface area (Å²) >= 11 is 0. The highest BCUT2D eigenvalue weighted by Crippen LogP contribution is 2.44. The summed E-state index contributed by atoms with van der Waals surface area (Å²) in [7, 11) is 1.75. The number of nitrogen functional groups attached to an aromatic ring is 1. The Morgan fingerprint density at radius 2 is 2.00 bits per heavy atom. The van der Waals surface area contributed by atoms with Crippen LogP contribution in [-0.4, -0.2) is 28.8 Å². The van der Waals surface area contributed by atoms with Crippen LogP contribution in [0.1, 0.15) is 34.8 Å². The number of amides is 1. The minimum absolute atomic E-state index is 0.327. The van der Waals surface area contributed by atoms with Crippen molar-refractivity contribution in [2.24, 2.45) is 24.6 Å². The third-order valence-corrected chi connectivity index (χ3v) is 4.41. The van der Waals surface area contributed by atoms with Gasteiger partial charge < -0.3 is 16.8 Å². The van der Waals surface area contributed by atoms with E-state index in [1.165, 1.54) is 0 Å². The molecule has 2 fully saturated rings. The van der Waals surface area contributed by atoms with E-state index in [0.29, 0.717) is 29.1 Å². The summed E-state index contributed by atoms with van der Waals surface area (Å²) in [5.74, 6) is 1.66. The first-order valence-corrected chi connectivity index (χ1v) is 6.40. The molecule has 1 aromatic rings. The summed E-state index contributed by atoms with van der Waals surface area (Å²) in [6, 6.07) is 0. The molecule has 0 bridgehead atoms. The van der Waals surface area contributed by atoms with Crippen LogP contribution in [0.15, 0.2) is 0 Å². The first kappa shape index (κ1) is 11.5. The molecule has 1 amide bonds. The van der Waals surface area contributed by atoms with E-state index in [-0.39, 0.29) is 0 Å². The molecule has 98 valence electrons. The van der Waals surface area contributed by atoms with Crippen LogP contribution in [0.25, 0.3) is 0 Å². The summed E-state index contributed by atoms with van der Waals surface area (Å²) in [6.07, 6.45) is 2.16. The summed E-state index contributed by atoms with van der Waals surface area (Å²) < 4.78 is 1.56. The number of nitrogens with one attached hydrogen (secondary N) is 1. The molecule has 2 heterocycles. The number of aryl methyl sites for hydroxylation is 1. The Morgan fingerprint density at radius 1 is 1.39 bits per heavy atom. The van der Waals surface area contributed by atoms with Gasteiger partial charge in [-0.2, -0.15) is 5.10 Å². The number of hydrogen-bond acceptors (Lipinski definition) is 4. The number of fused-ring (bicyclic) bond motifs is 1. The molecule has 1 saturated heterocycles. The molecule has 6 nitrogen and oxygen atoms in total. The Balaban J connectivity index is 1.93. The van der Waals surface area contributed by atoms with Crippen molar-refractivity contribution in [3.63, 3.8) is 0 Å². The van der Waals surface area contributed by atoms with E-state index < -0.39 is 5.91 Å². The molecule has 2 aliphatic rings. The topological polar surface area (TPSA) is 99.0 Å². The monoisotopic (exact) mass is 249 g/mol. The van der Waals surface area contributed by atoms with Crippen molar-refractivity contribution >= 4 is 11.7 Å². The molecule has 0 radical (unpaired) electrons. The average molecular weight is 249 g/mol. The average Bonchev–Trinajstić information content (AvgIpc) is 2.92. The number of primary amides is 1. The van der Waals surface area contributed by atoms with Crippen LogP contribution < -0.4 is 16.8 Å². The van der Waals surface area contributed by atoms with Gasteiger partial charge in [0.15, 0.2) is 0 Å². The number of hydrogen-bond donors (Lipinski definition) is 3. The van der Waals surface area contributed by atoms with E-state index in [1.807, 2.05) is 0 Å². The molecule has 18 heavy (non-hydrogen) atoms. The van der Waals surface area contributed by atoms with Gasteiger partial charge in [0.05, 0.1) is 5.69 Å². The Hall–Kier alpha value is -1.56. The molecule has 1 saturated carbocycles. The van der Waals surface area contributed by atoms with Crippen LogP contribution in [0.2, 0.25) is 0 Å². The standard InChI is InChI=1S/C12H19N5O/c1-17-11(13)9(12(14)18)10(16-17)6-2-7-4-15-5-8(7)3-6/h6-8,15H,2-5,13H2,1H3,(H2,14,18). The fourth-order valence-corrected chi connectivity index (χ4v) is 3.49. The second-order valence-corrected chi connectivity index (χ2v) is 5.48. The molecule has 2 atom stereocenters. The summed E-state index contributed by atoms with van der Waals surface area (Å²) in [4.78, 5) is 11.5. The lowest BCUT2D eigenvalue weighted by Crippen LogP contribution is -2.17. The zero-order valence-electron chi connectivity index (χ0n) is 10.5. The number of rotatable bonds is 2. The Kier molecular flexibility index (Phi) is 2.55. The maximum atomic E-state index is 11.5. The van der Waals surface area contributed by atoms with E-state index in [9.17, 15) is 4.79 Å². The highest BCUT2D eigenvalue weighted by molar-refractivity contribution is 5.98. The van der Waals surface area contributed by atoms with Gasteiger partial charge in [-0.05, 0) is 37.8 Å². The minimum Gasteiger partial charge on any atom is -0.383 e. The van der Waals surface area contributed by atoms with E-state index in [1.54, 1.807) is 11.7 Å². The predicted molar refractivity (Wildman–Crippen MR) is 68.0 cm³/mol. The van der Waals surface area contributed by atoms with Crippen molar-refractivity contribution in [3.05, 3.63) is 11.3 Å². The van der Waals surface area contributed by atoms with Gasteiger partial charge in [0.2, 0.25) is 0 Å². The number of anilines is 1. The third-order valence-electron chi connectivity index (χ3n) is 4.41. The Morgan fingerprint density at radius 3 is 2.56 bits per heavy atom. The van der Waals surface area contributed by atoms with Crippen molar-refractivity contribution in [1.29, 1.82) is 0 Å². The van der Waals surface area contributed by atoms with Gasteiger partial charge in [0, 0.05) is 13.0 Å². The van der Waals surface area contributed by atoms with Gasteiger partial charge in [0.25, 0.3) is 5.91 Å². The molecule has 0 spiro atoms. The van der Waals surface area contributed by atoms with Crippen molar-refractivity contribution < 1.29 is 4.79 Å². The van der Waals surface area contributed by atoms with Gasteiger partial charge in [-0.25, -0.2) is 0 Å². The van der Waals surface area contributed by atoms with Gasteiger partial charge in [-0.1, -0.05) is 0 Å². The lowest BCUT2D eigenvalue weighted by atomic mass is 9.98. The lowest BCUT2D eigenvalue weighted by Gasteiger charge is -2.09. The van der Waals surface area contributed by atoms with Crippen LogP contribution >= 0.6 is 0 Å². The zero-order chi connectivity index (χ0) is 12.9. The molecule has 1 aliphatic carbocycles. The van der Waals surface area contributed by atoms with Crippen molar-refractivity contribution in [3.8, 4) is 0 Å². The van der Waals surface area contributed by atoms with Crippen LogP contribution in [0, 0.1) is 11.8 Å². The fourth-order valence-electron chi connectivity index (χ4n) is 3.49. The molecule has 3 rings (SSSR count). The number of aromatic nitrogens is 2. The Labute approximate surface area is 106 Å². The van der Waals surface area contributed by atoms with Gasteiger partial charge in [-0.15, -0.1) is 0 Å². The smallest absolute Gasteiger partial charge is 0.254 e. The molecule has 1 aliphatic heterocycles. The molecule has 0 aromatic carbocycles. The summed E-state index contributed by atoms with van der Waals surface area (Å²) in [5, 5.41) is 7.82. The van der Waals surface area contributed by atoms with Gasteiger partial charge >= 0.3 is 0 Å². The third kappa shape index (κ3) is 1.59. The molecular weight excluding hydrogens is 230 g/mol. The maximum Gasteiger partial charge on any atom is 0.254 e. The molecule has 5 N–H and O–H groups in total. The number of carbonyl (C=O) groups excluding carboxylic acids is 1. The zero-order valence-corrected chi connectivity index (χ0v) is 10.5. The van der Waals surface area contributed by atoms with Crippen LogP contribution in [0.4, 0.5) is 5.82 Å². The summed E-state index contributed by atoms with van der Waals surface area (Å²) in [6.45, 7) is 2.16. The second kappa shape index (κ2) is 3.98. The summed E-state index contributed by atoms with van der Waals surface area (Å²) in [5.41, 5.74) is 12.5. The Bertz CT molecular complexity index is 483. The van der Waals surface area contributed by atoms with Gasteiger partial charge in [-0.3, -0.25) is 9.48 Å². The maximum absolute atomic E-state index is 11.5. The molecule has 1 aromatic heterocycles. The van der Waals surface area contributed by atoms with E-state index in [4.69, 9.17) is 11.5 Å². The molecule has 2 unspecified atom stereocenters. The number of nitrogens with two attached hydrogens (primary N) is 2. The van der Waals surface area contributed by atoms with Crippen LogP contribution in [0.3, 0.4) is 0 Å². The number of carbonyl (C=O) groups is 1. The minimum atomic E-state index is -0.467. The fraction of sp³-hybridized carbons (Fsp3) is 0.667. The van der Waals surface area contributed by atoms with Crippen molar-refractivity contribution in [1.82, 2.24) is 15.1 Å². The van der Waals surface area contributed by atoms with Crippen molar-refractivity contribution in [2.45, 2.75) is 18.8 Å². The predicted octanol–water partition coefficient (Wildman–Crippen LogP) is -0.186. The molecule has 6 heteroatoms. The quantitative estimate of drug-likeness (QED) is 0.676. The van der Waals surface area contributed by atoms with E-state index in [2.05, 4.69) is 10.4 Å². The van der Waals surface area contributed by atoms with E-state index in [0.717, 1.165) is 31.6 Å². The van der Waals surface area contributed by atoms with Gasteiger partial charge in [0.1, 0.15) is 11.4 Å². The highest BCUT2D eigenvalue weighted by atomic mass is 16.1. The normalized spacial score (nSPS) is 30.6. The van der Waals surface area contributed by atoms with Crippen LogP contribution in [0.5, 0.6) is 0 Å². The largest absolute Gasteiger partial charge is 0.383 e. The van der Waals surface area contributed by atoms with E-state index >= 15 is 0 Å². The lowest BCUT2D eigenvalue weighted by molar-refractivity contribution is 0.0999. The number of nitrogens with zero attached hydrogens (tertiary/aromatic N) is 2. The molecular formula is C12H19N5O. The highest BCUT2D eigenvalue weighted by Gasteiger charge is 2.40. The second-order valence-electron chi connectivity index (χ2n) is 5.48. The van der Waals surface area contributed by atoms with Crippen molar-refractivity contribution in [2.75, 3.05) is 18.8 Å².